The van der Waals surface area contributed by atoms with Crippen LogP contribution in [0.25, 0.3) is 0 Å². The number of carboxylic acid groups (broad SMARTS) is 1. The molecule has 0 aliphatic heterocycles. The number of aliphatic carboxylic acids is 1. The summed E-state index contributed by atoms with van der Waals surface area (Å²) in [6, 6.07) is 3.49. The molecule has 0 unspecified atom stereocenters. The predicted molar refractivity (Wildman–Crippen MR) is 142 cm³/mol. The van der Waals surface area contributed by atoms with Gasteiger partial charge in [0.2, 0.25) is 0 Å². The zero-order valence-corrected chi connectivity index (χ0v) is 23.5. The molecule has 40 heavy (non-hydrogen) atoms. The van der Waals surface area contributed by atoms with Gasteiger partial charge in [-0.1, -0.05) is 42.1 Å². The summed E-state index contributed by atoms with van der Waals surface area (Å²) < 4.78 is 44.4. The van der Waals surface area contributed by atoms with E-state index in [2.05, 4.69) is 5.10 Å². The lowest BCUT2D eigenvalue weighted by molar-refractivity contribution is -0.152. The van der Waals surface area contributed by atoms with Crippen molar-refractivity contribution in [3.8, 4) is 0 Å². The zero-order chi connectivity index (χ0) is 29.0. The van der Waals surface area contributed by atoms with Crippen LogP contribution in [0.3, 0.4) is 0 Å². The molecule has 1 spiro atoms. The van der Waals surface area contributed by atoms with Crippen LogP contribution in [0.4, 0.5) is 13.2 Å². The quantitative estimate of drug-likeness (QED) is 0.343. The van der Waals surface area contributed by atoms with Gasteiger partial charge in [-0.3, -0.25) is 19.1 Å². The summed E-state index contributed by atoms with van der Waals surface area (Å²) >= 11 is 12.5. The van der Waals surface area contributed by atoms with Crippen molar-refractivity contribution in [2.24, 2.45) is 10.8 Å². The van der Waals surface area contributed by atoms with Gasteiger partial charge in [-0.25, -0.2) is 0 Å². The maximum absolute atomic E-state index is 14.5. The van der Waals surface area contributed by atoms with Crippen molar-refractivity contribution < 1.29 is 32.7 Å². The number of hydrogen-bond donors (Lipinski definition) is 1. The fourth-order valence-corrected chi connectivity index (χ4v) is 7.24. The van der Waals surface area contributed by atoms with Crippen LogP contribution in [0.15, 0.2) is 24.4 Å². The van der Waals surface area contributed by atoms with Gasteiger partial charge in [-0.05, 0) is 69.4 Å². The second-order valence-corrected chi connectivity index (χ2v) is 12.5. The molecule has 2 aromatic rings. The lowest BCUT2D eigenvalue weighted by Gasteiger charge is -2.34. The van der Waals surface area contributed by atoms with Gasteiger partial charge in [0.15, 0.2) is 11.5 Å². The highest BCUT2D eigenvalue weighted by molar-refractivity contribution is 6.40. The second kappa shape index (κ2) is 10.4. The van der Waals surface area contributed by atoms with Crippen LogP contribution in [-0.4, -0.2) is 50.0 Å². The van der Waals surface area contributed by atoms with Gasteiger partial charge in [-0.2, -0.15) is 18.3 Å². The number of benzene rings is 1. The van der Waals surface area contributed by atoms with Gasteiger partial charge in [-0.15, -0.1) is 0 Å². The molecule has 12 heteroatoms. The number of carbonyl (C=O) groups excluding carboxylic acids is 2. The third kappa shape index (κ3) is 5.13. The number of halogens is 5. The Morgan fingerprint density at radius 2 is 1.70 bits per heavy atom. The normalized spacial score (nSPS) is 25.6. The summed E-state index contributed by atoms with van der Waals surface area (Å²) in [6.07, 6.45) is 1.02. The van der Waals surface area contributed by atoms with Gasteiger partial charge in [0.25, 0.3) is 5.91 Å². The van der Waals surface area contributed by atoms with E-state index >= 15 is 0 Å². The van der Waals surface area contributed by atoms with Crippen LogP contribution in [0, 0.1) is 10.8 Å². The van der Waals surface area contributed by atoms with E-state index in [-0.39, 0.29) is 52.7 Å². The van der Waals surface area contributed by atoms with E-state index in [1.54, 1.807) is 13.0 Å². The molecule has 1 aromatic heterocycles. The Hall–Kier alpha value is -2.59. The highest BCUT2D eigenvalue weighted by Gasteiger charge is 2.59. The first kappa shape index (κ1) is 28.9. The minimum absolute atomic E-state index is 0.0279. The number of nitrogens with zero attached hydrogens (tertiary/aromatic N) is 3. The molecule has 1 heterocycles. The molecule has 1 N–H and O–H groups in total. The number of amides is 1. The topological polar surface area (TPSA) is 92.5 Å². The number of hydrogen-bond acceptors (Lipinski definition) is 4. The molecule has 3 fully saturated rings. The molecule has 3 aliphatic rings. The van der Waals surface area contributed by atoms with E-state index in [1.165, 1.54) is 17.0 Å². The van der Waals surface area contributed by atoms with Crippen molar-refractivity contribution in [2.45, 2.75) is 83.0 Å². The number of aromatic nitrogens is 2. The van der Waals surface area contributed by atoms with Gasteiger partial charge < -0.3 is 10.0 Å². The number of rotatable bonds is 7. The average molecular weight is 600 g/mol. The highest BCUT2D eigenvalue weighted by Crippen LogP contribution is 2.60. The molecule has 0 saturated heterocycles. The monoisotopic (exact) mass is 599 g/mol. The summed E-state index contributed by atoms with van der Waals surface area (Å²) in [5.74, 6) is -2.44. The Bertz CT molecular complexity index is 1320. The maximum atomic E-state index is 14.5. The van der Waals surface area contributed by atoms with Crippen molar-refractivity contribution >= 4 is 40.9 Å². The van der Waals surface area contributed by atoms with Crippen LogP contribution >= 0.6 is 23.2 Å². The van der Waals surface area contributed by atoms with Gasteiger partial charge in [0, 0.05) is 6.04 Å². The average Bonchev–Trinajstić information content (AvgIpc) is 3.19. The number of Topliss-reactive ketones (excluding diaryl/α,β-unsaturated/α-hetero) is 1. The lowest BCUT2D eigenvalue weighted by atomic mass is 9.74. The van der Waals surface area contributed by atoms with E-state index < -0.39 is 53.1 Å². The van der Waals surface area contributed by atoms with Crippen LogP contribution in [-0.2, 0) is 11.0 Å². The first-order valence-electron chi connectivity index (χ1n) is 13.4. The summed E-state index contributed by atoms with van der Waals surface area (Å²) in [5.41, 5.74) is -2.97. The van der Waals surface area contributed by atoms with Crippen LogP contribution < -0.4 is 0 Å². The smallest absolute Gasteiger partial charge is 0.433 e. The van der Waals surface area contributed by atoms with E-state index in [0.717, 1.165) is 36.6 Å². The zero-order valence-electron chi connectivity index (χ0n) is 21.9. The fraction of sp³-hybridized carbons (Fsp3) is 0.571. The Balaban J connectivity index is 1.48. The number of carboxylic acids is 1. The molecule has 7 nitrogen and oxygen atoms in total. The molecular formula is C28H30Cl2F3N3O4. The Kier molecular flexibility index (Phi) is 7.48. The SMILES string of the molecule is C[C@]1(C(=O)O)CC[C@H](n2ncc(C(=O)N(CC(=O)c3c(Cl)cccc3Cl)[C@H]3CC34CCCC4)c2C(F)(F)F)CC1. The van der Waals surface area contributed by atoms with E-state index in [0.29, 0.717) is 6.42 Å². The predicted octanol–water partition coefficient (Wildman–Crippen LogP) is 7.07. The van der Waals surface area contributed by atoms with Gasteiger partial charge in [0.05, 0.1) is 45.4 Å². The minimum Gasteiger partial charge on any atom is -0.481 e. The van der Waals surface area contributed by atoms with Crippen LogP contribution in [0.1, 0.15) is 97.2 Å². The van der Waals surface area contributed by atoms with Crippen LogP contribution in [0.5, 0.6) is 0 Å². The standard InChI is InChI=1S/C28H30Cl2F3N3O4/c1-26(25(39)40)11-7-16(8-12-26)36-23(28(31,32)33)17(14-34-36)24(38)35(21-13-27(21)9-2-3-10-27)15-20(37)22-18(29)5-4-6-19(22)30/h4-6,14,16,21H,2-3,7-13,15H2,1H3,(H,39,40)/t16-,21-,26-/m0/s1. The molecule has 3 aliphatic carbocycles. The second-order valence-electron chi connectivity index (χ2n) is 11.7. The number of carbonyl (C=O) groups is 3. The third-order valence-corrected chi connectivity index (χ3v) is 9.78. The summed E-state index contributed by atoms with van der Waals surface area (Å²) in [7, 11) is 0. The first-order valence-corrected chi connectivity index (χ1v) is 14.2. The molecule has 0 radical (unpaired) electrons. The molecule has 1 atom stereocenters. The molecule has 0 bridgehead atoms. The summed E-state index contributed by atoms with van der Waals surface area (Å²) in [5, 5.41) is 13.7. The molecule has 3 saturated carbocycles. The van der Waals surface area contributed by atoms with E-state index in [9.17, 15) is 32.7 Å². The van der Waals surface area contributed by atoms with Crippen molar-refractivity contribution in [1.29, 1.82) is 0 Å². The molecule has 1 aromatic carbocycles. The first-order chi connectivity index (χ1) is 18.8. The lowest BCUT2D eigenvalue weighted by Crippen LogP contribution is -2.40. The van der Waals surface area contributed by atoms with Crippen molar-refractivity contribution in [3.05, 3.63) is 51.3 Å². The van der Waals surface area contributed by atoms with Gasteiger partial charge in [0.1, 0.15) is 0 Å². The van der Waals surface area contributed by atoms with Crippen molar-refractivity contribution in [2.75, 3.05) is 6.54 Å². The molecular weight excluding hydrogens is 570 g/mol. The maximum Gasteiger partial charge on any atom is 0.433 e. The highest BCUT2D eigenvalue weighted by atomic mass is 35.5. The molecule has 5 rings (SSSR count). The largest absolute Gasteiger partial charge is 0.481 e. The van der Waals surface area contributed by atoms with E-state index in [1.807, 2.05) is 0 Å². The van der Waals surface area contributed by atoms with Crippen molar-refractivity contribution in [3.63, 3.8) is 0 Å². The third-order valence-electron chi connectivity index (χ3n) is 9.15. The Labute approximate surface area is 239 Å². The summed E-state index contributed by atoms with van der Waals surface area (Å²) in [4.78, 5) is 40.2. The Morgan fingerprint density at radius 1 is 1.10 bits per heavy atom. The van der Waals surface area contributed by atoms with Gasteiger partial charge >= 0.3 is 12.1 Å². The fourth-order valence-electron chi connectivity index (χ4n) is 6.64. The number of ketones is 1. The molecule has 216 valence electrons. The minimum atomic E-state index is -4.90. The van der Waals surface area contributed by atoms with Crippen LogP contribution in [0.2, 0.25) is 10.0 Å². The van der Waals surface area contributed by atoms with Crippen molar-refractivity contribution in [1.82, 2.24) is 14.7 Å². The summed E-state index contributed by atoms with van der Waals surface area (Å²) in [6.45, 7) is 1.13. The number of alkyl halides is 3. The Morgan fingerprint density at radius 3 is 2.25 bits per heavy atom. The molecule has 1 amide bonds. The van der Waals surface area contributed by atoms with E-state index in [4.69, 9.17) is 23.2 Å².